The van der Waals surface area contributed by atoms with Gasteiger partial charge in [0.05, 0.1) is 0 Å². The van der Waals surface area contributed by atoms with Crippen molar-refractivity contribution in [2.24, 2.45) is 5.73 Å². The van der Waals surface area contributed by atoms with Crippen molar-refractivity contribution >= 4 is 17.4 Å². The molecule has 0 fully saturated rings. The van der Waals surface area contributed by atoms with Crippen LogP contribution in [0.15, 0.2) is 48.5 Å². The summed E-state index contributed by atoms with van der Waals surface area (Å²) in [6.45, 7) is 0.386. The van der Waals surface area contributed by atoms with Crippen LogP contribution < -0.4 is 16.4 Å². The lowest BCUT2D eigenvalue weighted by Crippen LogP contribution is -2.20. The number of hydrogen-bond acceptors (Lipinski definition) is 2. The summed E-state index contributed by atoms with van der Waals surface area (Å²) < 4.78 is 0. The zero-order valence-corrected chi connectivity index (χ0v) is 9.81. The molecule has 0 aliphatic heterocycles. The average molecular weight is 240 g/mol. The fourth-order valence-electron chi connectivity index (χ4n) is 1.58. The Labute approximate surface area is 106 Å². The highest BCUT2D eigenvalue weighted by Gasteiger charge is 2.05. The van der Waals surface area contributed by atoms with Crippen LogP contribution in [0.1, 0.15) is 5.56 Å². The highest BCUT2D eigenvalue weighted by Crippen LogP contribution is 2.14. The number of carbonyl (C=O) groups excluding carboxylic acids is 1. The van der Waals surface area contributed by atoms with E-state index in [0.29, 0.717) is 6.54 Å². The predicted octanol–water partition coefficient (Wildman–Crippen LogP) is 2.59. The number of amides is 2. The van der Waals surface area contributed by atoms with Gasteiger partial charge in [0.25, 0.3) is 0 Å². The second kappa shape index (κ2) is 5.84. The lowest BCUT2D eigenvalue weighted by molar-refractivity contribution is 0.262. The molecule has 0 aliphatic rings. The minimum absolute atomic E-state index is 0.290. The number of para-hydroxylation sites is 1. The second-order valence-corrected chi connectivity index (χ2v) is 3.73. The molecule has 0 bridgehead atoms. The number of nitrogens with one attached hydrogen (secondary N) is 2. The summed E-state index contributed by atoms with van der Waals surface area (Å²) in [5.41, 5.74) is 7.94. The van der Waals surface area contributed by atoms with Gasteiger partial charge in [0, 0.05) is 17.9 Å². The van der Waals surface area contributed by atoms with E-state index in [2.05, 4.69) is 16.7 Å². The normalized spacial score (nSPS) is 9.83. The molecule has 0 saturated carbocycles. The predicted molar refractivity (Wildman–Crippen MR) is 72.3 cm³/mol. The summed E-state index contributed by atoms with van der Waals surface area (Å²) in [6.07, 6.45) is 0. The molecule has 0 heterocycles. The molecule has 0 aliphatic carbocycles. The van der Waals surface area contributed by atoms with E-state index in [4.69, 9.17) is 5.73 Å². The molecule has 1 radical (unpaired) electrons. The smallest absolute Gasteiger partial charge is 0.323 e. The zero-order chi connectivity index (χ0) is 12.8. The van der Waals surface area contributed by atoms with Crippen LogP contribution in [0, 0.1) is 6.07 Å². The Morgan fingerprint density at radius 3 is 2.56 bits per heavy atom. The molecule has 2 aromatic rings. The lowest BCUT2D eigenvalue weighted by Gasteiger charge is -2.10. The number of rotatable bonds is 3. The molecule has 2 aromatic carbocycles. The van der Waals surface area contributed by atoms with Gasteiger partial charge in [-0.2, -0.15) is 0 Å². The number of carbonyl (C=O) groups is 1. The molecule has 0 spiro atoms. The van der Waals surface area contributed by atoms with E-state index >= 15 is 0 Å². The van der Waals surface area contributed by atoms with Gasteiger partial charge in [0.2, 0.25) is 0 Å². The van der Waals surface area contributed by atoms with Crippen LogP contribution in [-0.2, 0) is 6.54 Å². The number of nitrogens with two attached hydrogens (primary N) is 1. The van der Waals surface area contributed by atoms with Crippen LogP contribution in [0.5, 0.6) is 0 Å². The van der Waals surface area contributed by atoms with Gasteiger partial charge in [-0.05, 0) is 29.8 Å². The molecule has 18 heavy (non-hydrogen) atoms. The van der Waals surface area contributed by atoms with Gasteiger partial charge < -0.3 is 16.4 Å². The third kappa shape index (κ3) is 3.09. The summed E-state index contributed by atoms with van der Waals surface area (Å²) >= 11 is 0. The van der Waals surface area contributed by atoms with E-state index < -0.39 is 0 Å². The first-order valence-corrected chi connectivity index (χ1v) is 5.61. The van der Waals surface area contributed by atoms with Crippen molar-refractivity contribution in [3.8, 4) is 0 Å². The van der Waals surface area contributed by atoms with Crippen molar-refractivity contribution in [2.75, 3.05) is 10.6 Å². The Morgan fingerprint density at radius 1 is 1.11 bits per heavy atom. The topological polar surface area (TPSA) is 67.1 Å². The fraction of sp³-hybridized carbons (Fsp3) is 0.0714. The van der Waals surface area contributed by atoms with E-state index in [1.54, 1.807) is 24.3 Å². The number of anilines is 2. The van der Waals surface area contributed by atoms with E-state index in [0.717, 1.165) is 16.9 Å². The fourth-order valence-corrected chi connectivity index (χ4v) is 1.58. The first-order valence-electron chi connectivity index (χ1n) is 5.61. The van der Waals surface area contributed by atoms with E-state index in [-0.39, 0.29) is 6.03 Å². The van der Waals surface area contributed by atoms with Crippen molar-refractivity contribution in [3.05, 3.63) is 60.2 Å². The molecule has 4 nitrogen and oxygen atoms in total. The van der Waals surface area contributed by atoms with Crippen LogP contribution in [-0.4, -0.2) is 6.03 Å². The first-order chi connectivity index (χ1) is 8.79. The maximum Gasteiger partial charge on any atom is 0.323 e. The minimum atomic E-state index is -0.290. The second-order valence-electron chi connectivity index (χ2n) is 3.73. The van der Waals surface area contributed by atoms with Crippen molar-refractivity contribution in [1.29, 1.82) is 0 Å². The van der Waals surface area contributed by atoms with Gasteiger partial charge >= 0.3 is 6.03 Å². The maximum atomic E-state index is 11.8. The third-order valence-corrected chi connectivity index (χ3v) is 2.46. The summed E-state index contributed by atoms with van der Waals surface area (Å²) in [5.74, 6) is 0. The SMILES string of the molecule is NCc1ccccc1NC(=O)Nc1cc[c]cc1. The van der Waals surface area contributed by atoms with E-state index in [1.165, 1.54) is 0 Å². The molecular weight excluding hydrogens is 226 g/mol. The number of urea groups is 1. The molecule has 2 amide bonds. The average Bonchev–Trinajstić information content (AvgIpc) is 2.40. The molecule has 91 valence electrons. The maximum absolute atomic E-state index is 11.8. The molecule has 0 saturated heterocycles. The highest BCUT2D eigenvalue weighted by molar-refractivity contribution is 6.00. The molecule has 0 unspecified atom stereocenters. The van der Waals surface area contributed by atoms with Crippen LogP contribution in [0.4, 0.5) is 16.2 Å². The highest BCUT2D eigenvalue weighted by atomic mass is 16.2. The quantitative estimate of drug-likeness (QED) is 0.772. The molecule has 4 N–H and O–H groups in total. The molecular formula is C14H14N3O. The largest absolute Gasteiger partial charge is 0.326 e. The molecule has 0 aromatic heterocycles. The van der Waals surface area contributed by atoms with Gasteiger partial charge in [0.1, 0.15) is 0 Å². The zero-order valence-electron chi connectivity index (χ0n) is 9.81. The van der Waals surface area contributed by atoms with Gasteiger partial charge in [-0.15, -0.1) is 0 Å². The van der Waals surface area contributed by atoms with E-state index in [1.807, 2.05) is 24.3 Å². The Bertz CT molecular complexity index is 526. The van der Waals surface area contributed by atoms with Crippen LogP contribution >= 0.6 is 0 Å². The molecule has 0 atom stereocenters. The van der Waals surface area contributed by atoms with Gasteiger partial charge in [-0.3, -0.25) is 0 Å². The lowest BCUT2D eigenvalue weighted by atomic mass is 10.2. The van der Waals surface area contributed by atoms with Crippen molar-refractivity contribution < 1.29 is 4.79 Å². The Balaban J connectivity index is 2.03. The third-order valence-electron chi connectivity index (χ3n) is 2.46. The standard InChI is InChI=1S/C14H14N3O/c15-10-11-6-4-5-9-13(11)17-14(18)16-12-7-2-1-3-8-12/h2-9H,10,15H2,(H2,16,17,18). The molecule has 2 rings (SSSR count). The van der Waals surface area contributed by atoms with Crippen LogP contribution in [0.3, 0.4) is 0 Å². The van der Waals surface area contributed by atoms with Crippen molar-refractivity contribution in [1.82, 2.24) is 0 Å². The van der Waals surface area contributed by atoms with Crippen LogP contribution in [0.25, 0.3) is 0 Å². The summed E-state index contributed by atoms with van der Waals surface area (Å²) in [6, 6.07) is 17.1. The summed E-state index contributed by atoms with van der Waals surface area (Å²) in [5, 5.41) is 5.50. The Kier molecular flexibility index (Phi) is 3.94. The van der Waals surface area contributed by atoms with Crippen molar-refractivity contribution in [2.45, 2.75) is 6.54 Å². The van der Waals surface area contributed by atoms with E-state index in [9.17, 15) is 4.79 Å². The van der Waals surface area contributed by atoms with Gasteiger partial charge in [0.15, 0.2) is 0 Å². The number of hydrogen-bond donors (Lipinski definition) is 3. The van der Waals surface area contributed by atoms with Gasteiger partial charge in [-0.1, -0.05) is 30.3 Å². The number of benzene rings is 2. The monoisotopic (exact) mass is 240 g/mol. The Hall–Kier alpha value is -2.33. The first kappa shape index (κ1) is 12.1. The molecule has 4 heteroatoms. The Morgan fingerprint density at radius 2 is 1.83 bits per heavy atom. The summed E-state index contributed by atoms with van der Waals surface area (Å²) in [4.78, 5) is 11.8. The van der Waals surface area contributed by atoms with Gasteiger partial charge in [-0.25, -0.2) is 4.79 Å². The van der Waals surface area contributed by atoms with Crippen molar-refractivity contribution in [3.63, 3.8) is 0 Å². The van der Waals surface area contributed by atoms with Crippen LogP contribution in [0.2, 0.25) is 0 Å². The summed E-state index contributed by atoms with van der Waals surface area (Å²) in [7, 11) is 0. The minimum Gasteiger partial charge on any atom is -0.326 e.